The van der Waals surface area contributed by atoms with E-state index in [1.165, 1.54) is 11.0 Å². The molecule has 1 heterocycles. The topological polar surface area (TPSA) is 97.1 Å². The molecule has 0 radical (unpaired) electrons. The molecule has 1 aliphatic carbocycles. The molecule has 1 amide bonds. The summed E-state index contributed by atoms with van der Waals surface area (Å²) in [6.45, 7) is 0. The molecule has 0 unspecified atom stereocenters. The summed E-state index contributed by atoms with van der Waals surface area (Å²) in [6.07, 6.45) is 3.15. The highest BCUT2D eigenvalue weighted by Crippen LogP contribution is 2.25. The van der Waals surface area contributed by atoms with Gasteiger partial charge < -0.3 is 10.4 Å². The van der Waals surface area contributed by atoms with Crippen LogP contribution in [0.4, 0.5) is 0 Å². The van der Waals surface area contributed by atoms with Crippen LogP contribution in [0, 0.1) is 5.92 Å². The zero-order valence-corrected chi connectivity index (χ0v) is 11.8. The number of nitrogens with zero attached hydrogens (tertiary/aromatic N) is 3. The molecule has 1 aromatic carbocycles. The van der Waals surface area contributed by atoms with Gasteiger partial charge >= 0.3 is 5.97 Å². The minimum absolute atomic E-state index is 0.115. The van der Waals surface area contributed by atoms with Crippen LogP contribution in [0.2, 0.25) is 0 Å². The Morgan fingerprint density at radius 1 is 1.23 bits per heavy atom. The Morgan fingerprint density at radius 2 is 2.00 bits per heavy atom. The smallest absolute Gasteiger partial charge is 0.306 e. The lowest BCUT2D eigenvalue weighted by Crippen LogP contribution is -2.33. The maximum absolute atomic E-state index is 12.1. The van der Waals surface area contributed by atoms with E-state index < -0.39 is 5.97 Å². The Hall–Kier alpha value is -2.70. The molecule has 1 fully saturated rings. The van der Waals surface area contributed by atoms with Crippen molar-refractivity contribution in [1.29, 1.82) is 0 Å². The number of benzene rings is 1. The summed E-state index contributed by atoms with van der Waals surface area (Å²) in [6, 6.07) is 9.19. The van der Waals surface area contributed by atoms with Gasteiger partial charge in [0.1, 0.15) is 0 Å². The average Bonchev–Trinajstić information content (AvgIpc) is 3.17. The highest BCUT2D eigenvalue weighted by atomic mass is 16.4. The van der Waals surface area contributed by atoms with Crippen molar-refractivity contribution in [2.24, 2.45) is 5.92 Å². The molecule has 2 aromatic rings. The standard InChI is InChI=1S/C15H16N4O3/c20-14(17-11-7-6-10(8-11)15(21)22)13-9-16-19(18-13)12-4-2-1-3-5-12/h1-5,9-11H,6-8H2,(H,17,20)(H,21,22)/t10-,11+/m1/s1. The van der Waals surface area contributed by atoms with Gasteiger partial charge in [-0.25, -0.2) is 0 Å². The van der Waals surface area contributed by atoms with Crippen LogP contribution in [0.3, 0.4) is 0 Å². The number of carboxylic acids is 1. The van der Waals surface area contributed by atoms with Gasteiger partial charge in [-0.05, 0) is 31.4 Å². The van der Waals surface area contributed by atoms with Crippen LogP contribution >= 0.6 is 0 Å². The van der Waals surface area contributed by atoms with Gasteiger partial charge in [-0.3, -0.25) is 9.59 Å². The second kappa shape index (κ2) is 5.97. The van der Waals surface area contributed by atoms with Crippen molar-refractivity contribution < 1.29 is 14.7 Å². The van der Waals surface area contributed by atoms with Crippen LogP contribution in [0.5, 0.6) is 0 Å². The van der Waals surface area contributed by atoms with Gasteiger partial charge in [0.25, 0.3) is 5.91 Å². The number of carbonyl (C=O) groups is 2. The van der Waals surface area contributed by atoms with Crippen LogP contribution in [-0.2, 0) is 4.79 Å². The van der Waals surface area contributed by atoms with Gasteiger partial charge in [0, 0.05) is 6.04 Å². The molecule has 2 atom stereocenters. The third kappa shape index (κ3) is 2.98. The molecule has 1 saturated carbocycles. The Labute approximate surface area is 126 Å². The SMILES string of the molecule is O=C(N[C@H]1CC[C@@H](C(=O)O)C1)c1cnn(-c2ccccc2)n1. The molecule has 0 spiro atoms. The number of rotatable bonds is 4. The molecule has 1 aromatic heterocycles. The number of aliphatic carboxylic acids is 1. The van der Waals surface area contributed by atoms with Crippen molar-refractivity contribution in [3.8, 4) is 5.69 Å². The van der Waals surface area contributed by atoms with E-state index in [9.17, 15) is 9.59 Å². The molecular weight excluding hydrogens is 284 g/mol. The minimum atomic E-state index is -0.799. The van der Waals surface area contributed by atoms with Crippen LogP contribution < -0.4 is 5.32 Å². The molecule has 114 valence electrons. The third-order valence-corrected chi connectivity index (χ3v) is 3.83. The molecule has 1 aliphatic rings. The van der Waals surface area contributed by atoms with E-state index in [1.807, 2.05) is 30.3 Å². The summed E-state index contributed by atoms with van der Waals surface area (Å²) in [4.78, 5) is 24.5. The van der Waals surface area contributed by atoms with Crippen molar-refractivity contribution in [2.45, 2.75) is 25.3 Å². The summed E-state index contributed by atoms with van der Waals surface area (Å²) >= 11 is 0. The first-order chi connectivity index (χ1) is 10.6. The predicted octanol–water partition coefficient (Wildman–Crippen LogP) is 1.25. The lowest BCUT2D eigenvalue weighted by molar-refractivity contribution is -0.141. The quantitative estimate of drug-likeness (QED) is 0.885. The Balaban J connectivity index is 1.64. The summed E-state index contributed by atoms with van der Waals surface area (Å²) in [7, 11) is 0. The molecule has 22 heavy (non-hydrogen) atoms. The van der Waals surface area contributed by atoms with E-state index in [0.29, 0.717) is 19.3 Å². The molecular formula is C15H16N4O3. The predicted molar refractivity (Wildman–Crippen MR) is 77.6 cm³/mol. The highest BCUT2D eigenvalue weighted by molar-refractivity contribution is 5.92. The van der Waals surface area contributed by atoms with E-state index in [-0.39, 0.29) is 23.6 Å². The monoisotopic (exact) mass is 300 g/mol. The fourth-order valence-corrected chi connectivity index (χ4v) is 2.65. The van der Waals surface area contributed by atoms with Gasteiger partial charge in [0.05, 0.1) is 17.8 Å². The molecule has 3 rings (SSSR count). The fourth-order valence-electron chi connectivity index (χ4n) is 2.65. The van der Waals surface area contributed by atoms with Crippen molar-refractivity contribution in [3.63, 3.8) is 0 Å². The average molecular weight is 300 g/mol. The second-order valence-corrected chi connectivity index (χ2v) is 5.37. The van der Waals surface area contributed by atoms with Gasteiger partial charge in [-0.15, -0.1) is 5.10 Å². The number of nitrogens with one attached hydrogen (secondary N) is 1. The van der Waals surface area contributed by atoms with Crippen molar-refractivity contribution >= 4 is 11.9 Å². The largest absolute Gasteiger partial charge is 0.481 e. The van der Waals surface area contributed by atoms with E-state index in [0.717, 1.165) is 5.69 Å². The van der Waals surface area contributed by atoms with Gasteiger partial charge in [0.2, 0.25) is 0 Å². The summed E-state index contributed by atoms with van der Waals surface area (Å²) in [5.74, 6) is -1.49. The van der Waals surface area contributed by atoms with Crippen LogP contribution in [0.15, 0.2) is 36.5 Å². The lowest BCUT2D eigenvalue weighted by Gasteiger charge is -2.10. The third-order valence-electron chi connectivity index (χ3n) is 3.83. The van der Waals surface area contributed by atoms with Crippen LogP contribution in [0.25, 0.3) is 5.69 Å². The Morgan fingerprint density at radius 3 is 2.68 bits per heavy atom. The van der Waals surface area contributed by atoms with Crippen molar-refractivity contribution in [1.82, 2.24) is 20.3 Å². The number of hydrogen-bond donors (Lipinski definition) is 2. The first-order valence-corrected chi connectivity index (χ1v) is 7.15. The number of aromatic nitrogens is 3. The van der Waals surface area contributed by atoms with Crippen LogP contribution in [0.1, 0.15) is 29.8 Å². The van der Waals surface area contributed by atoms with E-state index in [2.05, 4.69) is 15.5 Å². The molecule has 0 aliphatic heterocycles. The number of para-hydroxylation sites is 1. The van der Waals surface area contributed by atoms with Gasteiger partial charge in [-0.1, -0.05) is 18.2 Å². The molecule has 7 nitrogen and oxygen atoms in total. The summed E-state index contributed by atoms with van der Waals surface area (Å²) in [5.41, 5.74) is 0.996. The summed E-state index contributed by atoms with van der Waals surface area (Å²) in [5, 5.41) is 20.0. The zero-order valence-electron chi connectivity index (χ0n) is 11.8. The maximum Gasteiger partial charge on any atom is 0.306 e. The van der Waals surface area contributed by atoms with E-state index >= 15 is 0 Å². The fraction of sp³-hybridized carbons (Fsp3) is 0.333. The van der Waals surface area contributed by atoms with E-state index in [4.69, 9.17) is 5.11 Å². The highest BCUT2D eigenvalue weighted by Gasteiger charge is 2.31. The number of carbonyl (C=O) groups excluding carboxylic acids is 1. The Bertz CT molecular complexity index is 683. The molecule has 0 bridgehead atoms. The van der Waals surface area contributed by atoms with Crippen molar-refractivity contribution in [2.75, 3.05) is 0 Å². The lowest BCUT2D eigenvalue weighted by atomic mass is 10.1. The molecule has 2 N–H and O–H groups in total. The summed E-state index contributed by atoms with van der Waals surface area (Å²) < 4.78 is 0. The molecule has 7 heteroatoms. The maximum atomic E-state index is 12.1. The minimum Gasteiger partial charge on any atom is -0.481 e. The normalized spacial score (nSPS) is 20.7. The number of carboxylic acid groups (broad SMARTS) is 1. The second-order valence-electron chi connectivity index (χ2n) is 5.37. The molecule has 0 saturated heterocycles. The number of hydrogen-bond acceptors (Lipinski definition) is 4. The first kappa shape index (κ1) is 14.2. The van der Waals surface area contributed by atoms with Crippen molar-refractivity contribution in [3.05, 3.63) is 42.2 Å². The zero-order chi connectivity index (χ0) is 15.5. The van der Waals surface area contributed by atoms with Crippen LogP contribution in [-0.4, -0.2) is 38.0 Å². The van der Waals surface area contributed by atoms with Gasteiger partial charge in [0.15, 0.2) is 5.69 Å². The number of amides is 1. The Kier molecular flexibility index (Phi) is 3.86. The van der Waals surface area contributed by atoms with E-state index in [1.54, 1.807) is 0 Å². The van der Waals surface area contributed by atoms with Gasteiger partial charge in [-0.2, -0.15) is 9.90 Å². The first-order valence-electron chi connectivity index (χ1n) is 7.15.